The lowest BCUT2D eigenvalue weighted by Crippen LogP contribution is -2.41. The highest BCUT2D eigenvalue weighted by molar-refractivity contribution is 6.30. The van der Waals surface area contributed by atoms with Gasteiger partial charge < -0.3 is 10.4 Å². The van der Waals surface area contributed by atoms with Crippen LogP contribution in [0, 0.1) is 0 Å². The van der Waals surface area contributed by atoms with Crippen molar-refractivity contribution in [3.8, 4) is 0 Å². The second-order valence-corrected chi connectivity index (χ2v) is 5.90. The fraction of sp³-hybridized carbons (Fsp3) is 0.333. The zero-order chi connectivity index (χ0) is 15.1. The van der Waals surface area contributed by atoms with Gasteiger partial charge in [0.15, 0.2) is 0 Å². The van der Waals surface area contributed by atoms with Crippen molar-refractivity contribution in [1.29, 1.82) is 0 Å². The van der Waals surface area contributed by atoms with Crippen LogP contribution in [0.5, 0.6) is 0 Å². The maximum atomic E-state index is 9.56. The monoisotopic (exact) mass is 303 g/mol. The Kier molecular flexibility index (Phi) is 6.24. The number of hydrogen-bond donors (Lipinski definition) is 2. The molecule has 0 aromatic heterocycles. The molecule has 2 atom stereocenters. The van der Waals surface area contributed by atoms with Crippen molar-refractivity contribution in [3.63, 3.8) is 0 Å². The Balaban J connectivity index is 1.87. The molecule has 0 fully saturated rings. The minimum Gasteiger partial charge on any atom is -0.395 e. The molecule has 0 aliphatic carbocycles. The minimum absolute atomic E-state index is 0.0784. The zero-order valence-corrected chi connectivity index (χ0v) is 13.1. The van der Waals surface area contributed by atoms with Gasteiger partial charge in [0.25, 0.3) is 0 Å². The number of benzene rings is 2. The number of halogens is 1. The second-order valence-electron chi connectivity index (χ2n) is 5.47. The van der Waals surface area contributed by atoms with E-state index in [0.29, 0.717) is 6.04 Å². The van der Waals surface area contributed by atoms with Crippen molar-refractivity contribution in [3.05, 3.63) is 70.7 Å². The normalized spacial score (nSPS) is 13.9. The summed E-state index contributed by atoms with van der Waals surface area (Å²) in [5, 5.41) is 13.8. The van der Waals surface area contributed by atoms with Gasteiger partial charge in [-0.2, -0.15) is 0 Å². The van der Waals surface area contributed by atoms with Gasteiger partial charge in [-0.15, -0.1) is 0 Å². The summed E-state index contributed by atoms with van der Waals surface area (Å²) in [6, 6.07) is 18.5. The molecule has 112 valence electrons. The third-order valence-corrected chi connectivity index (χ3v) is 3.77. The first kappa shape index (κ1) is 16.0. The molecule has 1 unspecified atom stereocenters. The van der Waals surface area contributed by atoms with E-state index in [1.807, 2.05) is 42.5 Å². The van der Waals surface area contributed by atoms with Gasteiger partial charge >= 0.3 is 0 Å². The Morgan fingerprint density at radius 2 is 1.57 bits per heavy atom. The molecular weight excluding hydrogens is 282 g/mol. The van der Waals surface area contributed by atoms with Crippen LogP contribution in [0.25, 0.3) is 0 Å². The highest BCUT2D eigenvalue weighted by Gasteiger charge is 2.12. The van der Waals surface area contributed by atoms with Crippen LogP contribution in [0.1, 0.15) is 18.1 Å². The van der Waals surface area contributed by atoms with Gasteiger partial charge in [-0.3, -0.25) is 0 Å². The highest BCUT2D eigenvalue weighted by Crippen LogP contribution is 2.11. The van der Waals surface area contributed by atoms with Gasteiger partial charge in [-0.05, 0) is 43.0 Å². The summed E-state index contributed by atoms with van der Waals surface area (Å²) < 4.78 is 0. The first-order valence-corrected chi connectivity index (χ1v) is 7.70. The average molecular weight is 304 g/mol. The molecule has 0 spiro atoms. The summed E-state index contributed by atoms with van der Waals surface area (Å²) in [5.41, 5.74) is 2.48. The van der Waals surface area contributed by atoms with E-state index in [2.05, 4.69) is 24.4 Å². The van der Waals surface area contributed by atoms with E-state index in [1.165, 1.54) is 11.1 Å². The lowest BCUT2D eigenvalue weighted by Gasteiger charge is -2.22. The van der Waals surface area contributed by atoms with Crippen molar-refractivity contribution < 1.29 is 5.11 Å². The Morgan fingerprint density at radius 3 is 2.19 bits per heavy atom. The van der Waals surface area contributed by atoms with Crippen molar-refractivity contribution in [1.82, 2.24) is 5.32 Å². The topological polar surface area (TPSA) is 32.3 Å². The number of nitrogens with one attached hydrogen (secondary N) is 1. The van der Waals surface area contributed by atoms with Crippen molar-refractivity contribution in [2.75, 3.05) is 6.61 Å². The first-order valence-electron chi connectivity index (χ1n) is 7.32. The predicted octanol–water partition coefficient (Wildman–Crippen LogP) is 3.46. The van der Waals surface area contributed by atoms with Crippen LogP contribution in [-0.4, -0.2) is 23.8 Å². The number of rotatable bonds is 7. The van der Waals surface area contributed by atoms with Crippen LogP contribution in [0.4, 0.5) is 0 Å². The largest absolute Gasteiger partial charge is 0.395 e. The van der Waals surface area contributed by atoms with Crippen LogP contribution >= 0.6 is 11.6 Å². The molecule has 0 radical (unpaired) electrons. The molecule has 0 heterocycles. The van der Waals surface area contributed by atoms with Gasteiger partial charge in [-0.1, -0.05) is 54.1 Å². The molecule has 3 heteroatoms. The maximum Gasteiger partial charge on any atom is 0.0587 e. The summed E-state index contributed by atoms with van der Waals surface area (Å²) in [7, 11) is 0. The molecule has 2 aromatic carbocycles. The summed E-state index contributed by atoms with van der Waals surface area (Å²) in [5.74, 6) is 0. The Bertz CT molecular complexity index is 527. The van der Waals surface area contributed by atoms with Crippen molar-refractivity contribution in [2.24, 2.45) is 0 Å². The molecule has 0 saturated heterocycles. The number of hydrogen-bond acceptors (Lipinski definition) is 2. The minimum atomic E-state index is 0.0784. The summed E-state index contributed by atoms with van der Waals surface area (Å²) in [6.45, 7) is 2.28. The van der Waals surface area contributed by atoms with E-state index in [4.69, 9.17) is 11.6 Å². The SMILES string of the molecule is CC(Cc1ccc(Cl)cc1)N[C@@H](CO)Cc1ccccc1. The first-order chi connectivity index (χ1) is 10.2. The molecular formula is C18H22ClNO. The molecule has 0 aliphatic rings. The fourth-order valence-electron chi connectivity index (χ4n) is 2.51. The molecule has 2 nitrogen and oxygen atoms in total. The Hall–Kier alpha value is -1.35. The lowest BCUT2D eigenvalue weighted by molar-refractivity contribution is 0.232. The third kappa shape index (κ3) is 5.50. The molecule has 0 aliphatic heterocycles. The highest BCUT2D eigenvalue weighted by atomic mass is 35.5. The Morgan fingerprint density at radius 1 is 0.952 bits per heavy atom. The Labute approximate surface area is 131 Å². The van der Waals surface area contributed by atoms with E-state index in [-0.39, 0.29) is 12.6 Å². The maximum absolute atomic E-state index is 9.56. The van der Waals surface area contributed by atoms with Gasteiger partial charge in [0.2, 0.25) is 0 Å². The summed E-state index contributed by atoms with van der Waals surface area (Å²) >= 11 is 5.90. The molecule has 0 bridgehead atoms. The van der Waals surface area contributed by atoms with Crippen LogP contribution in [-0.2, 0) is 12.8 Å². The molecule has 2 N–H and O–H groups in total. The number of aliphatic hydroxyl groups excluding tert-OH is 1. The van der Waals surface area contributed by atoms with Gasteiger partial charge in [-0.25, -0.2) is 0 Å². The van der Waals surface area contributed by atoms with E-state index >= 15 is 0 Å². The predicted molar refractivity (Wildman–Crippen MR) is 88.8 cm³/mol. The quantitative estimate of drug-likeness (QED) is 0.821. The summed E-state index contributed by atoms with van der Waals surface area (Å²) in [4.78, 5) is 0. The fourth-order valence-corrected chi connectivity index (χ4v) is 2.64. The summed E-state index contributed by atoms with van der Waals surface area (Å²) in [6.07, 6.45) is 1.75. The number of aliphatic hydroxyl groups is 1. The van der Waals surface area contributed by atoms with Gasteiger partial charge in [0.05, 0.1) is 6.61 Å². The van der Waals surface area contributed by atoms with Crippen LogP contribution in [0.2, 0.25) is 5.02 Å². The van der Waals surface area contributed by atoms with Crippen molar-refractivity contribution >= 4 is 11.6 Å². The lowest BCUT2D eigenvalue weighted by atomic mass is 10.0. The van der Waals surface area contributed by atoms with E-state index < -0.39 is 0 Å². The van der Waals surface area contributed by atoms with Gasteiger partial charge in [0.1, 0.15) is 0 Å². The molecule has 21 heavy (non-hydrogen) atoms. The molecule has 2 aromatic rings. The average Bonchev–Trinajstić information content (AvgIpc) is 2.50. The van der Waals surface area contributed by atoms with Gasteiger partial charge in [0, 0.05) is 17.1 Å². The third-order valence-electron chi connectivity index (χ3n) is 3.52. The standard InChI is InChI=1S/C18H22ClNO/c1-14(11-16-7-9-17(19)10-8-16)20-18(13-21)12-15-5-3-2-4-6-15/h2-10,14,18,20-21H,11-13H2,1H3/t14?,18-/m1/s1. The second kappa shape index (κ2) is 8.18. The van der Waals surface area contributed by atoms with Crippen molar-refractivity contribution in [2.45, 2.75) is 31.8 Å². The smallest absolute Gasteiger partial charge is 0.0587 e. The van der Waals surface area contributed by atoms with E-state index in [1.54, 1.807) is 0 Å². The van der Waals surface area contributed by atoms with Crippen LogP contribution < -0.4 is 5.32 Å². The van der Waals surface area contributed by atoms with E-state index in [0.717, 1.165) is 17.9 Å². The van der Waals surface area contributed by atoms with Crippen LogP contribution in [0.3, 0.4) is 0 Å². The molecule has 0 amide bonds. The van der Waals surface area contributed by atoms with Crippen LogP contribution in [0.15, 0.2) is 54.6 Å². The zero-order valence-electron chi connectivity index (χ0n) is 12.3. The van der Waals surface area contributed by atoms with E-state index in [9.17, 15) is 5.11 Å². The molecule has 0 saturated carbocycles. The molecule has 2 rings (SSSR count).